The summed E-state index contributed by atoms with van der Waals surface area (Å²) in [4.78, 5) is 16.1. The van der Waals surface area contributed by atoms with Crippen molar-refractivity contribution in [3.05, 3.63) is 45.1 Å². The average Bonchev–Trinajstić information content (AvgIpc) is 2.90. The minimum Gasteiger partial charge on any atom is -0.387 e. The van der Waals surface area contributed by atoms with E-state index < -0.39 is 6.10 Å². The van der Waals surface area contributed by atoms with Gasteiger partial charge in [-0.15, -0.1) is 0 Å². The summed E-state index contributed by atoms with van der Waals surface area (Å²) in [6.45, 7) is 4.14. The van der Waals surface area contributed by atoms with Crippen LogP contribution < -0.4 is 10.9 Å². The lowest BCUT2D eigenvalue weighted by Gasteiger charge is -2.13. The maximum atomic E-state index is 12.1. The van der Waals surface area contributed by atoms with E-state index in [1.54, 1.807) is 17.0 Å². The number of aromatic nitrogens is 2. The predicted molar refractivity (Wildman–Crippen MR) is 76.7 cm³/mol. The normalized spacial score (nSPS) is 12.6. The second kappa shape index (κ2) is 5.99. The van der Waals surface area contributed by atoms with E-state index >= 15 is 0 Å². The minimum atomic E-state index is -0.639. The molecule has 0 spiro atoms. The number of rotatable bonds is 5. The highest BCUT2D eigenvalue weighted by molar-refractivity contribution is 7.07. The van der Waals surface area contributed by atoms with Crippen LogP contribution in [0.1, 0.15) is 31.6 Å². The molecule has 6 heteroatoms. The molecule has 5 nitrogen and oxygen atoms in total. The molecule has 0 aliphatic rings. The van der Waals surface area contributed by atoms with Gasteiger partial charge in [0, 0.05) is 25.0 Å². The molecule has 0 aliphatic carbocycles. The van der Waals surface area contributed by atoms with Gasteiger partial charge >= 0.3 is 0 Å². The first-order chi connectivity index (χ1) is 9.09. The van der Waals surface area contributed by atoms with E-state index in [-0.39, 0.29) is 24.0 Å². The quantitative estimate of drug-likeness (QED) is 0.879. The third kappa shape index (κ3) is 3.21. The zero-order chi connectivity index (χ0) is 13.8. The van der Waals surface area contributed by atoms with E-state index in [4.69, 9.17) is 0 Å². The molecule has 2 aromatic heterocycles. The average molecular weight is 279 g/mol. The van der Waals surface area contributed by atoms with Crippen LogP contribution in [0.15, 0.2) is 34.0 Å². The first-order valence-corrected chi connectivity index (χ1v) is 7.05. The Morgan fingerprint density at radius 2 is 2.32 bits per heavy atom. The molecule has 0 aromatic carbocycles. The van der Waals surface area contributed by atoms with Crippen LogP contribution in [-0.2, 0) is 0 Å². The molecule has 2 rings (SSSR count). The number of nitrogens with zero attached hydrogens (tertiary/aromatic N) is 2. The second-order valence-electron chi connectivity index (χ2n) is 4.54. The monoisotopic (exact) mass is 279 g/mol. The summed E-state index contributed by atoms with van der Waals surface area (Å²) in [7, 11) is 0. The lowest BCUT2D eigenvalue weighted by Crippen LogP contribution is -2.27. The van der Waals surface area contributed by atoms with Crippen molar-refractivity contribution in [2.45, 2.75) is 26.0 Å². The molecular weight excluding hydrogens is 262 g/mol. The van der Waals surface area contributed by atoms with Gasteiger partial charge in [-0.3, -0.25) is 4.79 Å². The summed E-state index contributed by atoms with van der Waals surface area (Å²) >= 11 is 1.53. The molecule has 19 heavy (non-hydrogen) atoms. The predicted octanol–water partition coefficient (Wildman–Crippen LogP) is 2.03. The molecule has 102 valence electrons. The summed E-state index contributed by atoms with van der Waals surface area (Å²) in [5.74, 6) is 0.269. The van der Waals surface area contributed by atoms with Crippen molar-refractivity contribution in [3.63, 3.8) is 0 Å². The highest BCUT2D eigenvalue weighted by Crippen LogP contribution is 2.16. The molecule has 0 amide bonds. The van der Waals surface area contributed by atoms with Crippen LogP contribution >= 0.6 is 11.3 Å². The van der Waals surface area contributed by atoms with E-state index in [1.807, 2.05) is 30.7 Å². The molecule has 1 atom stereocenters. The van der Waals surface area contributed by atoms with Crippen molar-refractivity contribution < 1.29 is 5.11 Å². The SMILES string of the molecule is CC(C)n1ccnc(NCC(O)c2ccsc2)c1=O. The van der Waals surface area contributed by atoms with E-state index in [0.717, 1.165) is 5.56 Å². The van der Waals surface area contributed by atoms with E-state index in [2.05, 4.69) is 10.3 Å². The van der Waals surface area contributed by atoms with Crippen LogP contribution in [0.3, 0.4) is 0 Å². The fourth-order valence-corrected chi connectivity index (χ4v) is 2.44. The molecule has 0 saturated carbocycles. The minimum absolute atomic E-state index is 0.0813. The van der Waals surface area contributed by atoms with Gasteiger partial charge in [0.1, 0.15) is 0 Å². The van der Waals surface area contributed by atoms with Crippen LogP contribution in [0.2, 0.25) is 0 Å². The summed E-state index contributed by atoms with van der Waals surface area (Å²) < 4.78 is 1.60. The van der Waals surface area contributed by atoms with Crippen molar-refractivity contribution >= 4 is 17.2 Å². The number of aliphatic hydroxyl groups is 1. The largest absolute Gasteiger partial charge is 0.387 e. The van der Waals surface area contributed by atoms with Crippen molar-refractivity contribution in [1.29, 1.82) is 0 Å². The topological polar surface area (TPSA) is 67.2 Å². The molecule has 2 aromatic rings. The van der Waals surface area contributed by atoms with Gasteiger partial charge in [-0.25, -0.2) is 4.98 Å². The first-order valence-electron chi connectivity index (χ1n) is 6.10. The summed E-state index contributed by atoms with van der Waals surface area (Å²) in [5, 5.41) is 16.6. The van der Waals surface area contributed by atoms with Gasteiger partial charge in [-0.2, -0.15) is 11.3 Å². The van der Waals surface area contributed by atoms with Gasteiger partial charge < -0.3 is 15.0 Å². The Kier molecular flexibility index (Phi) is 4.34. The smallest absolute Gasteiger partial charge is 0.293 e. The van der Waals surface area contributed by atoms with Gasteiger partial charge in [-0.05, 0) is 36.2 Å². The number of thiophene rings is 1. The molecule has 0 fully saturated rings. The molecular formula is C13H17N3O2S. The summed E-state index contributed by atoms with van der Waals surface area (Å²) in [6, 6.07) is 1.94. The van der Waals surface area contributed by atoms with Gasteiger partial charge in [-0.1, -0.05) is 0 Å². The van der Waals surface area contributed by atoms with Crippen LogP contribution in [-0.4, -0.2) is 21.2 Å². The van der Waals surface area contributed by atoms with E-state index in [0.29, 0.717) is 0 Å². The van der Waals surface area contributed by atoms with Gasteiger partial charge in [0.25, 0.3) is 5.56 Å². The Labute approximate surface area is 115 Å². The molecule has 0 radical (unpaired) electrons. The van der Waals surface area contributed by atoms with E-state index in [9.17, 15) is 9.90 Å². The Morgan fingerprint density at radius 1 is 1.53 bits per heavy atom. The van der Waals surface area contributed by atoms with Crippen molar-refractivity contribution in [2.75, 3.05) is 11.9 Å². The number of hydrogen-bond donors (Lipinski definition) is 2. The number of aliphatic hydroxyl groups excluding tert-OH is 1. The number of anilines is 1. The maximum Gasteiger partial charge on any atom is 0.293 e. The summed E-state index contributed by atoms with van der Waals surface area (Å²) in [5.41, 5.74) is 0.674. The number of nitrogens with one attached hydrogen (secondary N) is 1. The zero-order valence-corrected chi connectivity index (χ0v) is 11.7. The Bertz CT molecular complexity index is 578. The van der Waals surface area contributed by atoms with Crippen LogP contribution in [0.25, 0.3) is 0 Å². The van der Waals surface area contributed by atoms with Crippen molar-refractivity contribution in [3.8, 4) is 0 Å². The molecule has 1 unspecified atom stereocenters. The Hall–Kier alpha value is -1.66. The van der Waals surface area contributed by atoms with E-state index in [1.165, 1.54) is 11.3 Å². The molecule has 0 saturated heterocycles. The van der Waals surface area contributed by atoms with Crippen molar-refractivity contribution in [1.82, 2.24) is 9.55 Å². The lowest BCUT2D eigenvalue weighted by atomic mass is 10.2. The molecule has 0 bridgehead atoms. The maximum absolute atomic E-state index is 12.1. The second-order valence-corrected chi connectivity index (χ2v) is 5.32. The Balaban J connectivity index is 2.08. The summed E-state index contributed by atoms with van der Waals surface area (Å²) in [6.07, 6.45) is 2.61. The fraction of sp³-hybridized carbons (Fsp3) is 0.385. The highest BCUT2D eigenvalue weighted by Gasteiger charge is 2.11. The zero-order valence-electron chi connectivity index (χ0n) is 10.9. The van der Waals surface area contributed by atoms with Gasteiger partial charge in [0.05, 0.1) is 6.10 Å². The van der Waals surface area contributed by atoms with Crippen molar-refractivity contribution in [2.24, 2.45) is 0 Å². The van der Waals surface area contributed by atoms with Gasteiger partial charge in [0.2, 0.25) is 0 Å². The van der Waals surface area contributed by atoms with Crippen LogP contribution in [0.4, 0.5) is 5.82 Å². The highest BCUT2D eigenvalue weighted by atomic mass is 32.1. The van der Waals surface area contributed by atoms with Gasteiger partial charge in [0.15, 0.2) is 5.82 Å². The lowest BCUT2D eigenvalue weighted by molar-refractivity contribution is 0.192. The molecule has 2 heterocycles. The third-order valence-corrected chi connectivity index (χ3v) is 3.52. The molecule has 0 aliphatic heterocycles. The standard InChI is InChI=1S/C13H17N3O2S/c1-9(2)16-5-4-14-12(13(16)18)15-7-11(17)10-3-6-19-8-10/h3-6,8-9,11,17H,7H2,1-2H3,(H,14,15). The van der Waals surface area contributed by atoms with Crippen LogP contribution in [0, 0.1) is 0 Å². The molecule has 2 N–H and O–H groups in total. The third-order valence-electron chi connectivity index (χ3n) is 2.82. The van der Waals surface area contributed by atoms with Crippen LogP contribution in [0.5, 0.6) is 0 Å². The first kappa shape index (κ1) is 13.8. The fourth-order valence-electron chi connectivity index (χ4n) is 1.73. The Morgan fingerprint density at radius 3 is 2.95 bits per heavy atom. The number of hydrogen-bond acceptors (Lipinski definition) is 5.